The third-order valence-corrected chi connectivity index (χ3v) is 1.90. The molecule has 0 heterocycles. The molecule has 1 N–H and O–H groups in total. The van der Waals surface area contributed by atoms with Gasteiger partial charge < -0.3 is 10.1 Å². The van der Waals surface area contributed by atoms with Crippen molar-refractivity contribution in [2.45, 2.75) is 32.6 Å². The lowest BCUT2D eigenvalue weighted by Crippen LogP contribution is -2.08. The molecule has 0 aromatic rings. The van der Waals surface area contributed by atoms with Gasteiger partial charge in [-0.1, -0.05) is 19.4 Å². The molecule has 0 aliphatic rings. The van der Waals surface area contributed by atoms with Crippen molar-refractivity contribution in [1.82, 2.24) is 5.32 Å². The highest BCUT2D eigenvalue weighted by Gasteiger charge is 2.01. The Morgan fingerprint density at radius 2 is 1.93 bits per heavy atom. The predicted octanol–water partition coefficient (Wildman–Crippen LogP) is 1.89. The molecule has 0 saturated heterocycles. The van der Waals surface area contributed by atoms with Crippen LogP contribution in [0.25, 0.3) is 0 Å². The second-order valence-electron chi connectivity index (χ2n) is 3.43. The van der Waals surface area contributed by atoms with Crippen molar-refractivity contribution < 1.29 is 9.53 Å². The van der Waals surface area contributed by atoms with E-state index in [1.54, 1.807) is 6.92 Å². The molecule has 0 aliphatic carbocycles. The molecule has 0 atom stereocenters. The van der Waals surface area contributed by atoms with Crippen molar-refractivity contribution in [2.24, 2.45) is 0 Å². The highest BCUT2D eigenvalue weighted by molar-refractivity contribution is 5.86. The number of unbranched alkanes of at least 4 members (excludes halogenated alkanes) is 3. The van der Waals surface area contributed by atoms with E-state index in [0.717, 1.165) is 19.4 Å². The highest BCUT2D eigenvalue weighted by atomic mass is 16.5. The maximum absolute atomic E-state index is 10.9. The summed E-state index contributed by atoms with van der Waals surface area (Å²) in [7, 11) is 1.95. The Balaban J connectivity index is 3.13. The first kappa shape index (κ1) is 13.2. The van der Waals surface area contributed by atoms with E-state index >= 15 is 0 Å². The Hall–Kier alpha value is -0.830. The number of rotatable bonds is 8. The summed E-state index contributed by atoms with van der Waals surface area (Å²) in [5.74, 6) is -0.278. The zero-order valence-electron chi connectivity index (χ0n) is 9.27. The number of nitrogens with one attached hydrogen (secondary N) is 1. The van der Waals surface area contributed by atoms with Crippen LogP contribution in [0.3, 0.4) is 0 Å². The first-order chi connectivity index (χ1) is 6.68. The minimum atomic E-state index is -0.278. The van der Waals surface area contributed by atoms with E-state index < -0.39 is 0 Å². The molecule has 0 amide bonds. The number of hydrogen-bond donors (Lipinski definition) is 1. The van der Waals surface area contributed by atoms with Crippen molar-refractivity contribution >= 4 is 5.97 Å². The van der Waals surface area contributed by atoms with Gasteiger partial charge >= 0.3 is 5.97 Å². The topological polar surface area (TPSA) is 38.3 Å². The number of carbonyl (C=O) groups excluding carboxylic acids is 1. The Labute approximate surface area is 86.5 Å². The SMILES string of the molecule is C=C(C)C(=O)OCCCCCCNC. The van der Waals surface area contributed by atoms with Crippen molar-refractivity contribution in [2.75, 3.05) is 20.2 Å². The quantitative estimate of drug-likeness (QED) is 0.368. The van der Waals surface area contributed by atoms with E-state index in [4.69, 9.17) is 4.74 Å². The molecule has 0 saturated carbocycles. The van der Waals surface area contributed by atoms with Gasteiger partial charge in [-0.25, -0.2) is 4.79 Å². The van der Waals surface area contributed by atoms with Crippen LogP contribution in [0, 0.1) is 0 Å². The van der Waals surface area contributed by atoms with Crippen LogP contribution in [-0.4, -0.2) is 26.2 Å². The molecule has 3 heteroatoms. The number of hydrogen-bond acceptors (Lipinski definition) is 3. The van der Waals surface area contributed by atoms with E-state index in [2.05, 4.69) is 11.9 Å². The summed E-state index contributed by atoms with van der Waals surface area (Å²) >= 11 is 0. The molecule has 0 aromatic heterocycles. The molecule has 0 rings (SSSR count). The van der Waals surface area contributed by atoms with Gasteiger partial charge in [-0.2, -0.15) is 0 Å². The average molecular weight is 199 g/mol. The fraction of sp³-hybridized carbons (Fsp3) is 0.727. The monoisotopic (exact) mass is 199 g/mol. The largest absolute Gasteiger partial charge is 0.462 e. The van der Waals surface area contributed by atoms with Crippen LogP contribution in [0.2, 0.25) is 0 Å². The van der Waals surface area contributed by atoms with E-state index in [1.165, 1.54) is 12.8 Å². The minimum Gasteiger partial charge on any atom is -0.462 e. The van der Waals surface area contributed by atoms with Gasteiger partial charge in [0.1, 0.15) is 0 Å². The third kappa shape index (κ3) is 7.80. The Morgan fingerprint density at radius 1 is 1.29 bits per heavy atom. The van der Waals surface area contributed by atoms with Gasteiger partial charge in [0.05, 0.1) is 6.61 Å². The Bertz CT molecular complexity index is 178. The van der Waals surface area contributed by atoms with Crippen LogP contribution >= 0.6 is 0 Å². The maximum atomic E-state index is 10.9. The van der Waals surface area contributed by atoms with Crippen LogP contribution < -0.4 is 5.32 Å². The molecule has 3 nitrogen and oxygen atoms in total. The molecule has 0 bridgehead atoms. The van der Waals surface area contributed by atoms with Gasteiger partial charge in [-0.05, 0) is 33.4 Å². The molecular formula is C11H21NO2. The first-order valence-corrected chi connectivity index (χ1v) is 5.15. The van der Waals surface area contributed by atoms with Crippen LogP contribution in [0.15, 0.2) is 12.2 Å². The Morgan fingerprint density at radius 3 is 2.50 bits per heavy atom. The second kappa shape index (κ2) is 8.75. The number of esters is 1. The molecule has 0 spiro atoms. The van der Waals surface area contributed by atoms with Gasteiger partial charge in [-0.3, -0.25) is 0 Å². The van der Waals surface area contributed by atoms with Crippen molar-refractivity contribution in [3.05, 3.63) is 12.2 Å². The first-order valence-electron chi connectivity index (χ1n) is 5.15. The molecular weight excluding hydrogens is 178 g/mol. The number of ether oxygens (including phenoxy) is 1. The van der Waals surface area contributed by atoms with Gasteiger partial charge in [-0.15, -0.1) is 0 Å². The van der Waals surface area contributed by atoms with Crippen molar-refractivity contribution in [3.63, 3.8) is 0 Å². The summed E-state index contributed by atoms with van der Waals surface area (Å²) in [4.78, 5) is 10.9. The lowest BCUT2D eigenvalue weighted by Gasteiger charge is -2.03. The van der Waals surface area contributed by atoms with E-state index in [-0.39, 0.29) is 5.97 Å². The summed E-state index contributed by atoms with van der Waals surface area (Å²) in [6, 6.07) is 0. The molecule has 82 valence electrons. The fourth-order valence-electron chi connectivity index (χ4n) is 1.05. The average Bonchev–Trinajstić information content (AvgIpc) is 2.16. The van der Waals surface area contributed by atoms with Gasteiger partial charge in [0, 0.05) is 5.57 Å². The van der Waals surface area contributed by atoms with Crippen molar-refractivity contribution in [3.8, 4) is 0 Å². The lowest BCUT2D eigenvalue weighted by atomic mass is 10.2. The lowest BCUT2D eigenvalue weighted by molar-refractivity contribution is -0.139. The summed E-state index contributed by atoms with van der Waals surface area (Å²) in [6.07, 6.45) is 4.43. The molecule has 0 aromatic carbocycles. The van der Waals surface area contributed by atoms with Gasteiger partial charge in [0.2, 0.25) is 0 Å². The van der Waals surface area contributed by atoms with Crippen LogP contribution in [0.1, 0.15) is 32.6 Å². The maximum Gasteiger partial charge on any atom is 0.333 e. The molecule has 0 radical (unpaired) electrons. The van der Waals surface area contributed by atoms with Crippen molar-refractivity contribution in [1.29, 1.82) is 0 Å². The minimum absolute atomic E-state index is 0.278. The smallest absolute Gasteiger partial charge is 0.333 e. The van der Waals surface area contributed by atoms with E-state index in [0.29, 0.717) is 12.2 Å². The van der Waals surface area contributed by atoms with E-state index in [1.807, 2.05) is 7.05 Å². The molecule has 14 heavy (non-hydrogen) atoms. The predicted molar refractivity (Wildman–Crippen MR) is 58.2 cm³/mol. The Kier molecular flexibility index (Phi) is 8.24. The molecule has 0 unspecified atom stereocenters. The van der Waals surface area contributed by atoms with Gasteiger partial charge in [0.15, 0.2) is 0 Å². The summed E-state index contributed by atoms with van der Waals surface area (Å²) < 4.78 is 4.96. The van der Waals surface area contributed by atoms with Crippen LogP contribution in [0.4, 0.5) is 0 Å². The number of carbonyl (C=O) groups is 1. The van der Waals surface area contributed by atoms with E-state index in [9.17, 15) is 4.79 Å². The standard InChI is InChI=1S/C11H21NO2/c1-10(2)11(13)14-9-7-5-4-6-8-12-3/h12H,1,4-9H2,2-3H3. The molecule has 0 fully saturated rings. The summed E-state index contributed by atoms with van der Waals surface area (Å²) in [5, 5.41) is 3.09. The molecule has 0 aliphatic heterocycles. The van der Waals surface area contributed by atoms with Gasteiger partial charge in [0.25, 0.3) is 0 Å². The third-order valence-electron chi connectivity index (χ3n) is 1.90. The van der Waals surface area contributed by atoms with Crippen LogP contribution in [-0.2, 0) is 9.53 Å². The summed E-state index contributed by atoms with van der Waals surface area (Å²) in [6.45, 7) is 6.75. The zero-order valence-corrected chi connectivity index (χ0v) is 9.27. The fourth-order valence-corrected chi connectivity index (χ4v) is 1.05. The summed E-state index contributed by atoms with van der Waals surface area (Å²) in [5.41, 5.74) is 0.472. The highest BCUT2D eigenvalue weighted by Crippen LogP contribution is 2.00. The second-order valence-corrected chi connectivity index (χ2v) is 3.43. The van der Waals surface area contributed by atoms with Crippen LogP contribution in [0.5, 0.6) is 0 Å². The normalized spacial score (nSPS) is 9.86. The zero-order chi connectivity index (χ0) is 10.8.